The topological polar surface area (TPSA) is 98.5 Å². The molecule has 0 radical (unpaired) electrons. The number of halogens is 2. The molecule has 0 saturated heterocycles. The standard InChI is InChI=1S/C16H12Cl2N2O5/c1-9(25-16(22)10-5-11(17)7-12(18)6-10)15(21)19-13-3-2-4-14(8-13)20(23)24/h2-9H,1H3,(H,19,21)/t9-/m0/s1. The van der Waals surface area contributed by atoms with Gasteiger partial charge in [0.25, 0.3) is 11.6 Å². The van der Waals surface area contributed by atoms with E-state index in [1.807, 2.05) is 0 Å². The van der Waals surface area contributed by atoms with E-state index < -0.39 is 22.9 Å². The van der Waals surface area contributed by atoms with E-state index in [1.54, 1.807) is 0 Å². The Morgan fingerprint density at radius 3 is 2.40 bits per heavy atom. The van der Waals surface area contributed by atoms with Crippen LogP contribution >= 0.6 is 23.2 Å². The second-order valence-electron chi connectivity index (χ2n) is 5.00. The van der Waals surface area contributed by atoms with Crippen LogP contribution in [0.25, 0.3) is 0 Å². The lowest BCUT2D eigenvalue weighted by atomic mass is 10.2. The Hall–Kier alpha value is -2.64. The lowest BCUT2D eigenvalue weighted by Gasteiger charge is -2.13. The molecule has 0 aliphatic heterocycles. The molecule has 0 aromatic heterocycles. The number of nitro groups is 1. The molecule has 0 bridgehead atoms. The second-order valence-corrected chi connectivity index (χ2v) is 5.88. The van der Waals surface area contributed by atoms with Gasteiger partial charge >= 0.3 is 5.97 Å². The molecule has 0 aliphatic carbocycles. The molecule has 2 aromatic carbocycles. The monoisotopic (exact) mass is 382 g/mol. The highest BCUT2D eigenvalue weighted by molar-refractivity contribution is 6.35. The van der Waals surface area contributed by atoms with Gasteiger partial charge in [-0.1, -0.05) is 29.3 Å². The number of nitro benzene ring substituents is 1. The molecule has 0 spiro atoms. The van der Waals surface area contributed by atoms with Crippen molar-refractivity contribution < 1.29 is 19.2 Å². The number of ether oxygens (including phenoxy) is 1. The molecule has 1 amide bonds. The number of hydrogen-bond donors (Lipinski definition) is 1. The summed E-state index contributed by atoms with van der Waals surface area (Å²) in [5, 5.41) is 13.7. The SMILES string of the molecule is C[C@H](OC(=O)c1cc(Cl)cc(Cl)c1)C(=O)Nc1cccc([N+](=O)[O-])c1. The van der Waals surface area contributed by atoms with Gasteiger partial charge in [0.1, 0.15) is 0 Å². The summed E-state index contributed by atoms with van der Waals surface area (Å²) in [6, 6.07) is 9.58. The number of carbonyl (C=O) groups excluding carboxylic acids is 2. The van der Waals surface area contributed by atoms with Crippen LogP contribution in [0.2, 0.25) is 10.0 Å². The average molecular weight is 383 g/mol. The fourth-order valence-corrected chi connectivity index (χ4v) is 2.42. The first-order chi connectivity index (χ1) is 11.8. The highest BCUT2D eigenvalue weighted by atomic mass is 35.5. The molecule has 0 fully saturated rings. The molecule has 2 rings (SSSR count). The van der Waals surface area contributed by atoms with Crippen LogP contribution in [0.3, 0.4) is 0 Å². The van der Waals surface area contributed by atoms with Crippen LogP contribution in [0.15, 0.2) is 42.5 Å². The van der Waals surface area contributed by atoms with E-state index in [-0.39, 0.29) is 27.0 Å². The van der Waals surface area contributed by atoms with Gasteiger partial charge in [0.15, 0.2) is 6.10 Å². The zero-order valence-corrected chi connectivity index (χ0v) is 14.4. The number of anilines is 1. The van der Waals surface area contributed by atoms with Crippen molar-refractivity contribution in [2.75, 3.05) is 5.32 Å². The molecule has 7 nitrogen and oxygen atoms in total. The average Bonchev–Trinajstić information content (AvgIpc) is 2.54. The number of non-ortho nitro benzene ring substituents is 1. The normalized spacial score (nSPS) is 11.5. The van der Waals surface area contributed by atoms with Crippen molar-refractivity contribution in [2.45, 2.75) is 13.0 Å². The minimum absolute atomic E-state index is 0.104. The van der Waals surface area contributed by atoms with Crippen LogP contribution in [-0.4, -0.2) is 22.9 Å². The summed E-state index contributed by atoms with van der Waals surface area (Å²) >= 11 is 11.6. The highest BCUT2D eigenvalue weighted by Gasteiger charge is 2.20. The van der Waals surface area contributed by atoms with Crippen LogP contribution in [-0.2, 0) is 9.53 Å². The number of rotatable bonds is 5. The number of carbonyl (C=O) groups is 2. The molecule has 9 heteroatoms. The number of hydrogen-bond acceptors (Lipinski definition) is 5. The quantitative estimate of drug-likeness (QED) is 0.477. The van der Waals surface area contributed by atoms with E-state index in [0.29, 0.717) is 0 Å². The Labute approximate surface area is 152 Å². The molecule has 25 heavy (non-hydrogen) atoms. The summed E-state index contributed by atoms with van der Waals surface area (Å²) in [6.45, 7) is 1.37. The van der Waals surface area contributed by atoms with Crippen molar-refractivity contribution in [1.29, 1.82) is 0 Å². The predicted octanol–water partition coefficient (Wildman–Crippen LogP) is 4.09. The van der Waals surface area contributed by atoms with Crippen LogP contribution in [0.5, 0.6) is 0 Å². The molecular formula is C16H12Cl2N2O5. The van der Waals surface area contributed by atoms with Gasteiger partial charge in [-0.25, -0.2) is 4.79 Å². The van der Waals surface area contributed by atoms with E-state index in [4.69, 9.17) is 27.9 Å². The van der Waals surface area contributed by atoms with Crippen molar-refractivity contribution in [3.63, 3.8) is 0 Å². The Kier molecular flexibility index (Phi) is 5.95. The highest BCUT2D eigenvalue weighted by Crippen LogP contribution is 2.20. The molecule has 1 atom stereocenters. The van der Waals surface area contributed by atoms with Gasteiger partial charge in [-0.15, -0.1) is 0 Å². The second kappa shape index (κ2) is 7.96. The van der Waals surface area contributed by atoms with E-state index in [2.05, 4.69) is 5.32 Å². The summed E-state index contributed by atoms with van der Waals surface area (Å²) in [5.74, 6) is -1.41. The van der Waals surface area contributed by atoms with E-state index in [9.17, 15) is 19.7 Å². The third-order valence-corrected chi connectivity index (χ3v) is 3.51. The number of esters is 1. The lowest BCUT2D eigenvalue weighted by molar-refractivity contribution is -0.384. The van der Waals surface area contributed by atoms with Gasteiger partial charge in [0, 0.05) is 27.9 Å². The van der Waals surface area contributed by atoms with E-state index in [0.717, 1.165) is 0 Å². The molecular weight excluding hydrogens is 371 g/mol. The molecule has 0 unspecified atom stereocenters. The number of benzene rings is 2. The zero-order valence-electron chi connectivity index (χ0n) is 12.9. The van der Waals surface area contributed by atoms with Gasteiger partial charge in [-0.05, 0) is 31.2 Å². The number of nitrogens with zero attached hydrogens (tertiary/aromatic N) is 1. The summed E-state index contributed by atoms with van der Waals surface area (Å²) < 4.78 is 5.06. The summed E-state index contributed by atoms with van der Waals surface area (Å²) in [5.41, 5.74) is 0.149. The number of nitrogens with one attached hydrogen (secondary N) is 1. The van der Waals surface area contributed by atoms with Gasteiger partial charge in [0.2, 0.25) is 0 Å². The van der Waals surface area contributed by atoms with E-state index in [1.165, 1.54) is 49.4 Å². The molecule has 0 heterocycles. The summed E-state index contributed by atoms with van der Waals surface area (Å²) in [7, 11) is 0. The zero-order chi connectivity index (χ0) is 18.6. The fourth-order valence-electron chi connectivity index (χ4n) is 1.89. The summed E-state index contributed by atoms with van der Waals surface area (Å²) in [6.07, 6.45) is -1.13. The Morgan fingerprint density at radius 2 is 1.80 bits per heavy atom. The van der Waals surface area contributed by atoms with Crippen molar-refractivity contribution in [3.05, 3.63) is 68.2 Å². The van der Waals surface area contributed by atoms with Crippen LogP contribution in [0.1, 0.15) is 17.3 Å². The minimum atomic E-state index is -1.13. The fraction of sp³-hybridized carbons (Fsp3) is 0.125. The Bertz CT molecular complexity index is 821. The smallest absolute Gasteiger partial charge is 0.339 e. The minimum Gasteiger partial charge on any atom is -0.449 e. The van der Waals surface area contributed by atoms with Crippen molar-refractivity contribution in [1.82, 2.24) is 0 Å². The maximum absolute atomic E-state index is 12.1. The van der Waals surface area contributed by atoms with Crippen molar-refractivity contribution in [3.8, 4) is 0 Å². The van der Waals surface area contributed by atoms with Crippen molar-refractivity contribution >= 4 is 46.5 Å². The largest absolute Gasteiger partial charge is 0.449 e. The Morgan fingerprint density at radius 1 is 1.16 bits per heavy atom. The first-order valence-electron chi connectivity index (χ1n) is 6.98. The lowest BCUT2D eigenvalue weighted by Crippen LogP contribution is -2.30. The van der Waals surface area contributed by atoms with Gasteiger partial charge in [-0.2, -0.15) is 0 Å². The van der Waals surface area contributed by atoms with Crippen LogP contribution in [0, 0.1) is 10.1 Å². The molecule has 0 saturated carbocycles. The first-order valence-corrected chi connectivity index (χ1v) is 7.74. The van der Waals surface area contributed by atoms with E-state index >= 15 is 0 Å². The molecule has 130 valence electrons. The maximum atomic E-state index is 12.1. The van der Waals surface area contributed by atoms with Crippen LogP contribution in [0.4, 0.5) is 11.4 Å². The van der Waals surface area contributed by atoms with Crippen LogP contribution < -0.4 is 5.32 Å². The molecule has 2 aromatic rings. The Balaban J connectivity index is 2.03. The third-order valence-electron chi connectivity index (χ3n) is 3.08. The molecule has 1 N–H and O–H groups in total. The number of amides is 1. The van der Waals surface area contributed by atoms with Crippen molar-refractivity contribution in [2.24, 2.45) is 0 Å². The third kappa shape index (κ3) is 5.17. The summed E-state index contributed by atoms with van der Waals surface area (Å²) in [4.78, 5) is 34.3. The maximum Gasteiger partial charge on any atom is 0.339 e. The van der Waals surface area contributed by atoms with Gasteiger partial charge in [0.05, 0.1) is 10.5 Å². The van der Waals surface area contributed by atoms with Gasteiger partial charge in [-0.3, -0.25) is 14.9 Å². The van der Waals surface area contributed by atoms with Gasteiger partial charge < -0.3 is 10.1 Å². The predicted molar refractivity (Wildman–Crippen MR) is 93.1 cm³/mol. The molecule has 0 aliphatic rings. The first kappa shape index (κ1) is 18.7.